The fraction of sp³-hybridized carbons (Fsp3) is 0.524. The number of fused-ring (bicyclic) bond motifs is 1. The van der Waals surface area contributed by atoms with Gasteiger partial charge in [0.2, 0.25) is 5.82 Å². The van der Waals surface area contributed by atoms with Gasteiger partial charge in [-0.15, -0.1) is 5.10 Å². The van der Waals surface area contributed by atoms with Crippen LogP contribution in [0.2, 0.25) is 0 Å². The lowest BCUT2D eigenvalue weighted by Crippen LogP contribution is -3.12. The first-order valence-corrected chi connectivity index (χ1v) is 10.5. The molecule has 8 nitrogen and oxygen atoms in total. The molecule has 1 aliphatic rings. The molecule has 1 fully saturated rings. The highest BCUT2D eigenvalue weighted by Gasteiger charge is 2.33. The Morgan fingerprint density at radius 3 is 2.86 bits per heavy atom. The van der Waals surface area contributed by atoms with Crippen LogP contribution in [-0.2, 0) is 11.3 Å². The second-order valence-corrected chi connectivity index (χ2v) is 7.80. The Morgan fingerprint density at radius 2 is 2.14 bits per heavy atom. The number of aromatic amines is 1. The lowest BCUT2D eigenvalue weighted by Gasteiger charge is -2.26. The van der Waals surface area contributed by atoms with Crippen LogP contribution in [0, 0.1) is 6.92 Å². The molecule has 8 heteroatoms. The van der Waals surface area contributed by atoms with Crippen LogP contribution in [0.5, 0.6) is 0 Å². The normalized spacial score (nSPS) is 18.0. The number of pyridine rings is 1. The molecule has 1 aliphatic heterocycles. The van der Waals surface area contributed by atoms with E-state index in [-0.39, 0.29) is 17.7 Å². The van der Waals surface area contributed by atoms with Gasteiger partial charge in [0.05, 0.1) is 31.3 Å². The summed E-state index contributed by atoms with van der Waals surface area (Å²) in [5, 5.41) is 13.6. The summed E-state index contributed by atoms with van der Waals surface area (Å²) in [5.41, 5.74) is 2.62. The van der Waals surface area contributed by atoms with Gasteiger partial charge in [-0.25, -0.2) is 4.68 Å². The molecule has 2 aromatic heterocycles. The Bertz CT molecular complexity index is 1030. The number of hydrogen-bond donors (Lipinski definition) is 2. The van der Waals surface area contributed by atoms with E-state index in [2.05, 4.69) is 47.3 Å². The van der Waals surface area contributed by atoms with Crippen LogP contribution in [-0.4, -0.2) is 51.0 Å². The first-order valence-electron chi connectivity index (χ1n) is 10.5. The lowest BCUT2D eigenvalue weighted by molar-refractivity contribution is -0.923. The predicted octanol–water partition coefficient (Wildman–Crippen LogP) is 1.02. The van der Waals surface area contributed by atoms with Gasteiger partial charge in [0, 0.05) is 12.1 Å². The maximum atomic E-state index is 13.1. The molecule has 3 aromatic rings. The average molecular weight is 398 g/mol. The minimum atomic E-state index is -0.241. The molecular formula is C21H29N6O2+. The molecule has 2 atom stereocenters. The number of nitrogens with one attached hydrogen (secondary N) is 2. The summed E-state index contributed by atoms with van der Waals surface area (Å²) in [5.74, 6) is 0.719. The highest BCUT2D eigenvalue weighted by molar-refractivity contribution is 5.79. The van der Waals surface area contributed by atoms with Crippen molar-refractivity contribution < 1.29 is 9.64 Å². The van der Waals surface area contributed by atoms with E-state index in [9.17, 15) is 4.79 Å². The summed E-state index contributed by atoms with van der Waals surface area (Å²) in [6.07, 6.45) is 2.20. The smallest absolute Gasteiger partial charge is 0.258 e. The van der Waals surface area contributed by atoms with Crippen LogP contribution in [0.25, 0.3) is 10.9 Å². The second kappa shape index (κ2) is 8.42. The lowest BCUT2D eigenvalue weighted by atomic mass is 10.0. The van der Waals surface area contributed by atoms with E-state index >= 15 is 0 Å². The molecule has 1 saturated heterocycles. The number of benzene rings is 1. The van der Waals surface area contributed by atoms with Gasteiger partial charge in [-0.3, -0.25) is 4.79 Å². The zero-order valence-corrected chi connectivity index (χ0v) is 17.3. The molecule has 0 amide bonds. The number of tetrazole rings is 1. The highest BCUT2D eigenvalue weighted by atomic mass is 16.5. The largest absolute Gasteiger partial charge is 0.376 e. The van der Waals surface area contributed by atoms with Crippen LogP contribution in [0.1, 0.15) is 49.7 Å². The molecule has 29 heavy (non-hydrogen) atoms. The van der Waals surface area contributed by atoms with E-state index in [0.717, 1.165) is 54.8 Å². The molecule has 1 aromatic carbocycles. The number of rotatable bonds is 7. The molecule has 3 heterocycles. The van der Waals surface area contributed by atoms with Gasteiger partial charge in [0.15, 0.2) is 6.04 Å². The van der Waals surface area contributed by atoms with Crippen molar-refractivity contribution in [1.29, 1.82) is 0 Å². The number of H-pyrrole nitrogens is 1. The van der Waals surface area contributed by atoms with Crippen molar-refractivity contribution in [1.82, 2.24) is 25.2 Å². The first-order chi connectivity index (χ1) is 14.1. The molecule has 0 spiro atoms. The number of hydrogen-bond acceptors (Lipinski definition) is 5. The Hall–Kier alpha value is -2.58. The molecular weight excluding hydrogens is 368 g/mol. The molecule has 0 radical (unpaired) electrons. The number of aromatic nitrogens is 5. The third kappa shape index (κ3) is 3.95. The molecule has 0 aliphatic carbocycles. The Balaban J connectivity index is 1.81. The molecule has 0 unspecified atom stereocenters. The summed E-state index contributed by atoms with van der Waals surface area (Å²) in [7, 11) is 0. The van der Waals surface area contributed by atoms with Crippen molar-refractivity contribution in [3.8, 4) is 0 Å². The van der Waals surface area contributed by atoms with Crippen LogP contribution in [0.4, 0.5) is 0 Å². The summed E-state index contributed by atoms with van der Waals surface area (Å²) >= 11 is 0. The summed E-state index contributed by atoms with van der Waals surface area (Å²) in [6.45, 7) is 9.43. The monoisotopic (exact) mass is 397 g/mol. The van der Waals surface area contributed by atoms with E-state index < -0.39 is 0 Å². The standard InChI is InChI=1S/C21H28N6O2/c1-4-26(5-2)19(20-23-24-25-27(20)13-16-7-6-10-29-16)17-12-15-11-14(3)8-9-18(15)22-21(17)28/h8-9,11-12,16,19H,4-7,10,13H2,1-3H3,(H,22,28)/p+1/t16-,19-/m0/s1. The van der Waals surface area contributed by atoms with Crippen molar-refractivity contribution in [3.63, 3.8) is 0 Å². The summed E-state index contributed by atoms with van der Waals surface area (Å²) in [4.78, 5) is 17.4. The van der Waals surface area contributed by atoms with Crippen molar-refractivity contribution in [2.24, 2.45) is 0 Å². The van der Waals surface area contributed by atoms with Crippen LogP contribution in [0.15, 0.2) is 29.1 Å². The van der Waals surface area contributed by atoms with Crippen molar-refractivity contribution in [3.05, 3.63) is 51.6 Å². The average Bonchev–Trinajstić information content (AvgIpc) is 3.39. The van der Waals surface area contributed by atoms with Crippen molar-refractivity contribution in [2.75, 3.05) is 19.7 Å². The zero-order chi connectivity index (χ0) is 20.4. The topological polar surface area (TPSA) is 90.1 Å². The Labute approximate surface area is 169 Å². The molecule has 154 valence electrons. The van der Waals surface area contributed by atoms with Gasteiger partial charge in [-0.2, -0.15) is 0 Å². The van der Waals surface area contributed by atoms with Gasteiger partial charge in [0.25, 0.3) is 5.56 Å². The second-order valence-electron chi connectivity index (χ2n) is 7.80. The number of aryl methyl sites for hydroxylation is 1. The van der Waals surface area contributed by atoms with Crippen LogP contribution < -0.4 is 10.5 Å². The van der Waals surface area contributed by atoms with E-state index in [0.29, 0.717) is 12.1 Å². The maximum absolute atomic E-state index is 13.1. The van der Waals surface area contributed by atoms with Crippen LogP contribution >= 0.6 is 0 Å². The van der Waals surface area contributed by atoms with Gasteiger partial charge in [0.1, 0.15) is 0 Å². The van der Waals surface area contributed by atoms with E-state index in [1.165, 1.54) is 4.90 Å². The fourth-order valence-corrected chi connectivity index (χ4v) is 4.29. The van der Waals surface area contributed by atoms with E-state index in [1.54, 1.807) is 0 Å². The minimum Gasteiger partial charge on any atom is -0.376 e. The molecule has 0 bridgehead atoms. The summed E-state index contributed by atoms with van der Waals surface area (Å²) in [6, 6.07) is 7.82. The highest BCUT2D eigenvalue weighted by Crippen LogP contribution is 2.21. The molecule has 4 rings (SSSR count). The van der Waals surface area contributed by atoms with Crippen molar-refractivity contribution >= 4 is 10.9 Å². The third-order valence-corrected chi connectivity index (χ3v) is 5.87. The fourth-order valence-electron chi connectivity index (χ4n) is 4.29. The van der Waals surface area contributed by atoms with Crippen LogP contribution in [0.3, 0.4) is 0 Å². The number of quaternary nitrogens is 1. The molecule has 2 N–H and O–H groups in total. The maximum Gasteiger partial charge on any atom is 0.258 e. The van der Waals surface area contributed by atoms with E-state index in [4.69, 9.17) is 4.74 Å². The number of nitrogens with zero attached hydrogens (tertiary/aromatic N) is 4. The van der Waals surface area contributed by atoms with Crippen molar-refractivity contribution in [2.45, 2.75) is 52.3 Å². The summed E-state index contributed by atoms with van der Waals surface area (Å²) < 4.78 is 7.61. The van der Waals surface area contributed by atoms with Gasteiger partial charge < -0.3 is 14.6 Å². The van der Waals surface area contributed by atoms with E-state index in [1.807, 2.05) is 22.9 Å². The predicted molar refractivity (Wildman–Crippen MR) is 110 cm³/mol. The molecule has 0 saturated carbocycles. The van der Waals surface area contributed by atoms with Gasteiger partial charge in [-0.1, -0.05) is 11.6 Å². The zero-order valence-electron chi connectivity index (χ0n) is 17.3. The third-order valence-electron chi connectivity index (χ3n) is 5.87. The number of ether oxygens (including phenoxy) is 1. The first kappa shape index (κ1) is 19.7. The van der Waals surface area contributed by atoms with Gasteiger partial charge >= 0.3 is 0 Å². The van der Waals surface area contributed by atoms with Gasteiger partial charge in [-0.05, 0) is 67.6 Å². The quantitative estimate of drug-likeness (QED) is 0.621. The Morgan fingerprint density at radius 1 is 1.31 bits per heavy atom. The SMILES string of the molecule is CC[NH+](CC)[C@@H](c1cc2cc(C)ccc2[nH]c1=O)c1nnnn1C[C@@H]1CCCO1. The minimum absolute atomic E-state index is 0.0857. The Kier molecular flexibility index (Phi) is 5.73.